The Kier molecular flexibility index (Phi) is 6.08. The second-order valence-corrected chi connectivity index (χ2v) is 8.52. The number of carbonyl (C=O) groups excluding carboxylic acids is 1. The number of thiazole rings is 1. The van der Waals surface area contributed by atoms with E-state index in [2.05, 4.69) is 20.4 Å². The van der Waals surface area contributed by atoms with Crippen LogP contribution in [0.25, 0.3) is 0 Å². The maximum absolute atomic E-state index is 12.5. The molecule has 8 heteroatoms. The van der Waals surface area contributed by atoms with Crippen molar-refractivity contribution in [1.82, 2.24) is 19.7 Å². The van der Waals surface area contributed by atoms with Gasteiger partial charge in [0.25, 0.3) is 0 Å². The molecule has 0 radical (unpaired) electrons. The fourth-order valence-electron chi connectivity index (χ4n) is 3.20. The average molecular weight is 434 g/mol. The molecule has 0 bridgehead atoms. The summed E-state index contributed by atoms with van der Waals surface area (Å²) in [6.45, 7) is 6.41. The molecule has 4 rings (SSSR count). The minimum absolute atomic E-state index is 0.120. The van der Waals surface area contributed by atoms with Gasteiger partial charge >= 0.3 is 0 Å². The first-order valence-electron chi connectivity index (χ1n) is 9.91. The molecule has 0 aliphatic heterocycles. The molecule has 0 saturated heterocycles. The van der Waals surface area contributed by atoms with Crippen LogP contribution >= 0.6 is 11.3 Å². The number of hydrogen-bond donors (Lipinski definition) is 1. The molecule has 0 unspecified atom stereocenters. The fraction of sp³-hybridized carbons (Fsp3) is 0.217. The van der Waals surface area contributed by atoms with Crippen LogP contribution in [0.15, 0.2) is 54.7 Å². The Hall–Kier alpha value is -3.52. The summed E-state index contributed by atoms with van der Waals surface area (Å²) in [6, 6.07) is 15.2. The first-order valence-corrected chi connectivity index (χ1v) is 10.7. The number of amides is 1. The van der Waals surface area contributed by atoms with Gasteiger partial charge in [-0.05, 0) is 39.0 Å². The molecule has 0 saturated carbocycles. The lowest BCUT2D eigenvalue weighted by atomic mass is 10.2. The zero-order chi connectivity index (χ0) is 21.8. The number of nitrogens with zero attached hydrogens (tertiary/aromatic N) is 4. The molecule has 1 N–H and O–H groups in total. The first kappa shape index (κ1) is 20.7. The molecular weight excluding hydrogens is 410 g/mol. The van der Waals surface area contributed by atoms with E-state index in [1.807, 2.05) is 67.9 Å². The van der Waals surface area contributed by atoms with Crippen molar-refractivity contribution in [2.24, 2.45) is 0 Å². The number of aromatic nitrogens is 4. The predicted molar refractivity (Wildman–Crippen MR) is 121 cm³/mol. The number of rotatable bonds is 7. The number of aryl methyl sites for hydroxylation is 3. The number of benzene rings is 1. The lowest BCUT2D eigenvalue weighted by molar-refractivity contribution is -0.115. The van der Waals surface area contributed by atoms with Gasteiger partial charge < -0.3 is 10.1 Å². The molecule has 1 aromatic carbocycles. The van der Waals surface area contributed by atoms with Crippen molar-refractivity contribution in [3.63, 3.8) is 0 Å². The van der Waals surface area contributed by atoms with Crippen LogP contribution < -0.4 is 10.1 Å². The monoisotopic (exact) mass is 433 g/mol. The van der Waals surface area contributed by atoms with Crippen LogP contribution in [0.4, 0.5) is 5.13 Å². The zero-order valence-corrected chi connectivity index (χ0v) is 18.4. The molecule has 7 nitrogen and oxygen atoms in total. The van der Waals surface area contributed by atoms with Gasteiger partial charge in [0.05, 0.1) is 30.0 Å². The van der Waals surface area contributed by atoms with Crippen LogP contribution in [-0.2, 0) is 17.8 Å². The van der Waals surface area contributed by atoms with Gasteiger partial charge in [0, 0.05) is 28.9 Å². The highest BCUT2D eigenvalue weighted by Crippen LogP contribution is 2.24. The van der Waals surface area contributed by atoms with E-state index in [9.17, 15) is 4.79 Å². The summed E-state index contributed by atoms with van der Waals surface area (Å²) < 4.78 is 7.92. The molecule has 3 heterocycles. The van der Waals surface area contributed by atoms with Crippen molar-refractivity contribution in [3.8, 4) is 11.5 Å². The van der Waals surface area contributed by atoms with E-state index in [-0.39, 0.29) is 12.3 Å². The van der Waals surface area contributed by atoms with Crippen molar-refractivity contribution in [3.05, 3.63) is 82.4 Å². The largest absolute Gasteiger partial charge is 0.457 e. The Morgan fingerprint density at radius 3 is 2.52 bits per heavy atom. The topological polar surface area (TPSA) is 81.9 Å². The molecule has 0 spiro atoms. The quantitative estimate of drug-likeness (QED) is 0.458. The van der Waals surface area contributed by atoms with Gasteiger partial charge in [0.15, 0.2) is 5.13 Å². The lowest BCUT2D eigenvalue weighted by Crippen LogP contribution is -2.16. The van der Waals surface area contributed by atoms with Gasteiger partial charge in [-0.2, -0.15) is 5.10 Å². The van der Waals surface area contributed by atoms with E-state index in [0.717, 1.165) is 27.7 Å². The molecule has 3 aromatic heterocycles. The van der Waals surface area contributed by atoms with E-state index in [1.54, 1.807) is 12.3 Å². The predicted octanol–water partition coefficient (Wildman–Crippen LogP) is 4.68. The highest BCUT2D eigenvalue weighted by atomic mass is 32.1. The summed E-state index contributed by atoms with van der Waals surface area (Å²) in [4.78, 5) is 22.5. The highest BCUT2D eigenvalue weighted by molar-refractivity contribution is 7.15. The molecule has 0 aliphatic rings. The van der Waals surface area contributed by atoms with Crippen molar-refractivity contribution in [1.29, 1.82) is 0 Å². The number of anilines is 1. The molecule has 0 aliphatic carbocycles. The third-order valence-electron chi connectivity index (χ3n) is 4.51. The van der Waals surface area contributed by atoms with E-state index in [0.29, 0.717) is 23.1 Å². The number of carbonyl (C=O) groups is 1. The molecule has 31 heavy (non-hydrogen) atoms. The summed E-state index contributed by atoms with van der Waals surface area (Å²) in [6.07, 6.45) is 1.86. The minimum atomic E-state index is -0.171. The Morgan fingerprint density at radius 2 is 1.84 bits per heavy atom. The molecule has 4 aromatic rings. The summed E-state index contributed by atoms with van der Waals surface area (Å²) in [7, 11) is 0. The maximum atomic E-state index is 12.5. The Morgan fingerprint density at radius 1 is 1.06 bits per heavy atom. The number of hydrogen-bond acceptors (Lipinski definition) is 6. The second kappa shape index (κ2) is 9.09. The van der Waals surface area contributed by atoms with Gasteiger partial charge in [-0.25, -0.2) is 4.98 Å². The van der Waals surface area contributed by atoms with E-state index in [1.165, 1.54) is 11.3 Å². The maximum Gasteiger partial charge on any atom is 0.232 e. The van der Waals surface area contributed by atoms with Gasteiger partial charge in [0.2, 0.25) is 5.91 Å². The lowest BCUT2D eigenvalue weighted by Gasteiger charge is -2.11. The van der Waals surface area contributed by atoms with Gasteiger partial charge in [-0.15, -0.1) is 11.3 Å². The number of pyridine rings is 1. The molecule has 1 amide bonds. The van der Waals surface area contributed by atoms with Crippen molar-refractivity contribution in [2.75, 3.05) is 5.32 Å². The van der Waals surface area contributed by atoms with E-state index >= 15 is 0 Å². The SMILES string of the molecule is Cc1cc(C)n(Cc2cc(Oc3ccccc3)cc(CC(=O)Nc3ncc(C)s3)n2)n1. The van der Waals surface area contributed by atoms with Crippen LogP contribution in [0.3, 0.4) is 0 Å². The zero-order valence-electron chi connectivity index (χ0n) is 17.6. The number of para-hydroxylation sites is 1. The highest BCUT2D eigenvalue weighted by Gasteiger charge is 2.12. The van der Waals surface area contributed by atoms with Crippen LogP contribution in [-0.4, -0.2) is 25.7 Å². The standard InChI is InChI=1S/C23H23N5O2S/c1-15-9-16(2)28(27-15)14-19-11-21(30-20-7-5-4-6-8-20)10-18(25-19)12-22(29)26-23-24-13-17(3)31-23/h4-11,13H,12,14H2,1-3H3,(H,24,26,29). The Bertz CT molecular complexity index is 1200. The molecule has 0 fully saturated rings. The normalized spacial score (nSPS) is 10.8. The average Bonchev–Trinajstić information content (AvgIpc) is 3.26. The van der Waals surface area contributed by atoms with E-state index < -0.39 is 0 Å². The Balaban J connectivity index is 1.58. The van der Waals surface area contributed by atoms with Gasteiger partial charge in [-0.3, -0.25) is 14.5 Å². The van der Waals surface area contributed by atoms with Crippen LogP contribution in [0.2, 0.25) is 0 Å². The number of nitrogens with one attached hydrogen (secondary N) is 1. The van der Waals surface area contributed by atoms with Crippen molar-refractivity contribution < 1.29 is 9.53 Å². The first-order chi connectivity index (χ1) is 14.9. The van der Waals surface area contributed by atoms with Crippen LogP contribution in [0.1, 0.15) is 27.7 Å². The van der Waals surface area contributed by atoms with E-state index in [4.69, 9.17) is 4.74 Å². The summed E-state index contributed by atoms with van der Waals surface area (Å²) in [5.74, 6) is 1.18. The molecule has 158 valence electrons. The molecule has 0 atom stereocenters. The smallest absolute Gasteiger partial charge is 0.232 e. The third-order valence-corrected chi connectivity index (χ3v) is 5.34. The minimum Gasteiger partial charge on any atom is -0.457 e. The van der Waals surface area contributed by atoms with Gasteiger partial charge in [0.1, 0.15) is 11.5 Å². The third kappa shape index (κ3) is 5.55. The summed E-state index contributed by atoms with van der Waals surface area (Å²) in [5, 5.41) is 7.93. The van der Waals surface area contributed by atoms with Crippen LogP contribution in [0.5, 0.6) is 11.5 Å². The molecular formula is C23H23N5O2S. The second-order valence-electron chi connectivity index (χ2n) is 7.29. The number of ether oxygens (including phenoxy) is 1. The van der Waals surface area contributed by atoms with Crippen molar-refractivity contribution >= 4 is 22.4 Å². The fourth-order valence-corrected chi connectivity index (χ4v) is 3.88. The Labute approximate surface area is 184 Å². The summed E-state index contributed by atoms with van der Waals surface area (Å²) >= 11 is 1.44. The summed E-state index contributed by atoms with van der Waals surface area (Å²) in [5.41, 5.74) is 3.39. The van der Waals surface area contributed by atoms with Crippen molar-refractivity contribution in [2.45, 2.75) is 33.7 Å². The van der Waals surface area contributed by atoms with Gasteiger partial charge in [-0.1, -0.05) is 18.2 Å². The van der Waals surface area contributed by atoms with Crippen LogP contribution in [0, 0.1) is 20.8 Å².